The molecule has 12 aromatic rings. The van der Waals surface area contributed by atoms with Crippen LogP contribution in [0.4, 0.5) is 17.1 Å². The SMILES string of the molecule is c1ccc(-c2cccc(N(c3ccc4c(c3)-c3ccccc3C43c4ccccc4-c4ccccc43)c3ccc4c(c3)C3(c5ccccc5-4)c4ccc5ccccc5c4Oc4c3ccc3ccccc43)c2)cc1. The second-order valence-electron chi connectivity index (χ2n) is 19.8. The molecule has 0 aromatic heterocycles. The molecule has 4 aliphatic rings. The molecule has 0 unspecified atom stereocenters. The molecule has 2 heteroatoms. The van der Waals surface area contributed by atoms with Gasteiger partial charge in [-0.2, -0.15) is 0 Å². The van der Waals surface area contributed by atoms with E-state index in [4.69, 9.17) is 4.74 Å². The van der Waals surface area contributed by atoms with Gasteiger partial charge in [0.1, 0.15) is 11.5 Å². The molecule has 3 aliphatic carbocycles. The van der Waals surface area contributed by atoms with E-state index in [9.17, 15) is 0 Å². The molecule has 0 saturated heterocycles. The quantitative estimate of drug-likeness (QED) is 0.174. The van der Waals surface area contributed by atoms with Gasteiger partial charge in [-0.1, -0.05) is 224 Å². The minimum absolute atomic E-state index is 0.431. The fourth-order valence-corrected chi connectivity index (χ4v) is 13.7. The van der Waals surface area contributed by atoms with E-state index in [1.54, 1.807) is 0 Å². The van der Waals surface area contributed by atoms with Crippen LogP contribution < -0.4 is 9.64 Å². The molecule has 0 amide bonds. The molecule has 0 fully saturated rings. The molecule has 1 heterocycles. The molecule has 0 saturated carbocycles. The minimum Gasteiger partial charge on any atom is -0.455 e. The van der Waals surface area contributed by atoms with E-state index in [2.05, 4.69) is 266 Å². The first-order valence-electron chi connectivity index (χ1n) is 25.1. The van der Waals surface area contributed by atoms with Crippen molar-refractivity contribution in [2.75, 3.05) is 4.90 Å². The maximum Gasteiger partial charge on any atom is 0.140 e. The van der Waals surface area contributed by atoms with Crippen LogP contribution in [0.5, 0.6) is 11.5 Å². The van der Waals surface area contributed by atoms with Gasteiger partial charge in [0.25, 0.3) is 0 Å². The Kier molecular flexibility index (Phi) is 8.05. The van der Waals surface area contributed by atoms with Gasteiger partial charge >= 0.3 is 0 Å². The maximum absolute atomic E-state index is 7.34. The second kappa shape index (κ2) is 14.6. The highest BCUT2D eigenvalue weighted by Gasteiger charge is 2.53. The molecule has 12 aromatic carbocycles. The summed E-state index contributed by atoms with van der Waals surface area (Å²) in [6, 6.07) is 97.2. The van der Waals surface area contributed by atoms with Crippen molar-refractivity contribution in [3.05, 3.63) is 305 Å². The van der Waals surface area contributed by atoms with E-state index < -0.39 is 10.8 Å². The molecule has 2 spiro atoms. The highest BCUT2D eigenvalue weighted by atomic mass is 16.5. The third-order valence-corrected chi connectivity index (χ3v) is 16.5. The third kappa shape index (κ3) is 5.08. The Labute approximate surface area is 418 Å². The van der Waals surface area contributed by atoms with Crippen LogP contribution in [-0.4, -0.2) is 0 Å². The molecular weight excluding hydrogens is 871 g/mol. The van der Waals surface area contributed by atoms with Gasteiger partial charge in [-0.15, -0.1) is 0 Å². The molecule has 0 atom stereocenters. The molecule has 0 radical (unpaired) electrons. The summed E-state index contributed by atoms with van der Waals surface area (Å²) in [4.78, 5) is 2.50. The molecule has 0 N–H and O–H groups in total. The smallest absolute Gasteiger partial charge is 0.140 e. The van der Waals surface area contributed by atoms with Crippen molar-refractivity contribution < 1.29 is 4.74 Å². The Balaban J connectivity index is 0.977. The van der Waals surface area contributed by atoms with Crippen LogP contribution in [0.15, 0.2) is 261 Å². The van der Waals surface area contributed by atoms with E-state index in [1.165, 1.54) is 77.9 Å². The third-order valence-electron chi connectivity index (χ3n) is 16.5. The van der Waals surface area contributed by atoms with Crippen LogP contribution in [0, 0.1) is 0 Å². The van der Waals surface area contributed by atoms with Crippen molar-refractivity contribution in [3.8, 4) is 56.0 Å². The zero-order valence-corrected chi connectivity index (χ0v) is 39.2. The highest BCUT2D eigenvalue weighted by molar-refractivity contribution is 6.01. The molecule has 0 bridgehead atoms. The first kappa shape index (κ1) is 39.6. The minimum atomic E-state index is -0.691. The summed E-state index contributed by atoms with van der Waals surface area (Å²) in [5, 5.41) is 4.53. The van der Waals surface area contributed by atoms with Gasteiger partial charge in [0.05, 0.1) is 10.8 Å². The number of hydrogen-bond donors (Lipinski definition) is 0. The molecular formula is C70H43NO. The van der Waals surface area contributed by atoms with Gasteiger partial charge in [0.2, 0.25) is 0 Å². The largest absolute Gasteiger partial charge is 0.455 e. The van der Waals surface area contributed by atoms with E-state index in [-0.39, 0.29) is 0 Å². The summed E-state index contributed by atoms with van der Waals surface area (Å²) < 4.78 is 7.34. The predicted octanol–water partition coefficient (Wildman–Crippen LogP) is 17.9. The van der Waals surface area contributed by atoms with Crippen LogP contribution in [0.1, 0.15) is 44.5 Å². The number of benzene rings is 12. The summed E-state index contributed by atoms with van der Waals surface area (Å²) >= 11 is 0. The first-order chi connectivity index (χ1) is 35.7. The Morgan fingerprint density at radius 2 is 0.667 bits per heavy atom. The maximum atomic E-state index is 7.34. The molecule has 72 heavy (non-hydrogen) atoms. The zero-order valence-electron chi connectivity index (χ0n) is 39.2. The van der Waals surface area contributed by atoms with E-state index >= 15 is 0 Å². The lowest BCUT2D eigenvalue weighted by molar-refractivity contribution is 0.447. The van der Waals surface area contributed by atoms with Crippen molar-refractivity contribution in [2.24, 2.45) is 0 Å². The molecule has 334 valence electrons. The van der Waals surface area contributed by atoms with Gasteiger partial charge in [0.15, 0.2) is 0 Å². The number of nitrogens with zero attached hydrogens (tertiary/aromatic N) is 1. The van der Waals surface area contributed by atoms with Crippen LogP contribution >= 0.6 is 0 Å². The molecule has 2 nitrogen and oxygen atoms in total. The molecule has 16 rings (SSSR count). The summed E-state index contributed by atoms with van der Waals surface area (Å²) in [5.74, 6) is 1.83. The van der Waals surface area contributed by atoms with Crippen molar-refractivity contribution in [2.45, 2.75) is 10.8 Å². The lowest BCUT2D eigenvalue weighted by Gasteiger charge is -2.40. The summed E-state index contributed by atoms with van der Waals surface area (Å²) in [6.07, 6.45) is 0. The number of ether oxygens (including phenoxy) is 1. The number of fused-ring (bicyclic) bond motifs is 23. The fourth-order valence-electron chi connectivity index (χ4n) is 13.7. The Bertz CT molecular complexity index is 4150. The van der Waals surface area contributed by atoms with Gasteiger partial charge in [-0.3, -0.25) is 0 Å². The van der Waals surface area contributed by atoms with Crippen LogP contribution in [0.2, 0.25) is 0 Å². The van der Waals surface area contributed by atoms with Gasteiger partial charge in [-0.05, 0) is 125 Å². The fraction of sp³-hybridized carbons (Fsp3) is 0.0286. The normalized spacial score (nSPS) is 14.2. The zero-order chi connectivity index (χ0) is 47.1. The Morgan fingerprint density at radius 1 is 0.250 bits per heavy atom. The number of rotatable bonds is 4. The van der Waals surface area contributed by atoms with Crippen molar-refractivity contribution in [1.29, 1.82) is 0 Å². The van der Waals surface area contributed by atoms with Crippen molar-refractivity contribution in [1.82, 2.24) is 0 Å². The lowest BCUT2D eigenvalue weighted by atomic mass is 9.65. The second-order valence-corrected chi connectivity index (χ2v) is 19.8. The van der Waals surface area contributed by atoms with Crippen molar-refractivity contribution >= 4 is 38.6 Å². The van der Waals surface area contributed by atoms with Crippen molar-refractivity contribution in [3.63, 3.8) is 0 Å². The standard InChI is InChI=1S/C70H43NO/c1-2-17-44(18-3-1)47-21-16-22-48(41-47)71(49-36-40-63-58(42-49)56-28-11-15-32-62(56)69(63)59-29-12-8-25-53(59)54-26-9-13-30-60(54)69)50-35-37-57-55-27-10-14-31-61(55)70(66(57)43-50)64-38-33-45-19-4-6-23-51(45)67(64)72-68-52-24-7-5-20-46(52)34-39-65(68)70/h1-43H. The Hall–Kier alpha value is -9.24. The first-order valence-corrected chi connectivity index (χ1v) is 25.1. The topological polar surface area (TPSA) is 12.5 Å². The summed E-state index contributed by atoms with van der Waals surface area (Å²) in [7, 11) is 0. The van der Waals surface area contributed by atoms with Gasteiger partial charge in [-0.25, -0.2) is 0 Å². The van der Waals surface area contributed by atoms with Crippen LogP contribution in [-0.2, 0) is 10.8 Å². The van der Waals surface area contributed by atoms with E-state index in [1.807, 2.05) is 0 Å². The monoisotopic (exact) mass is 913 g/mol. The van der Waals surface area contributed by atoms with Crippen LogP contribution in [0.3, 0.4) is 0 Å². The van der Waals surface area contributed by atoms with E-state index in [0.29, 0.717) is 0 Å². The average molecular weight is 914 g/mol. The van der Waals surface area contributed by atoms with E-state index in [0.717, 1.165) is 61.2 Å². The Morgan fingerprint density at radius 3 is 1.26 bits per heavy atom. The highest BCUT2D eigenvalue weighted by Crippen LogP contribution is 2.66. The number of anilines is 3. The van der Waals surface area contributed by atoms with Gasteiger partial charge < -0.3 is 9.64 Å². The van der Waals surface area contributed by atoms with Gasteiger partial charge in [0, 0.05) is 39.0 Å². The van der Waals surface area contributed by atoms with Crippen LogP contribution in [0.25, 0.3) is 66.1 Å². The summed E-state index contributed by atoms with van der Waals surface area (Å²) in [6.45, 7) is 0. The average Bonchev–Trinajstić information content (AvgIpc) is 4.03. The predicted molar refractivity (Wildman–Crippen MR) is 295 cm³/mol. The number of hydrogen-bond acceptors (Lipinski definition) is 2. The molecule has 1 aliphatic heterocycles. The lowest BCUT2D eigenvalue weighted by Crippen LogP contribution is -2.32. The summed E-state index contributed by atoms with van der Waals surface area (Å²) in [5.41, 5.74) is 22.3.